The zero-order chi connectivity index (χ0) is 24.1. The lowest BCUT2D eigenvalue weighted by Crippen LogP contribution is -2.39. The van der Waals surface area contributed by atoms with Gasteiger partial charge in [0.2, 0.25) is 5.91 Å². The van der Waals surface area contributed by atoms with Crippen LogP contribution in [-0.2, 0) is 22.6 Å². The zero-order valence-electron chi connectivity index (χ0n) is 18.3. The molecule has 8 heteroatoms. The number of nitrogens with one attached hydrogen (secondary N) is 1. The molecule has 0 aliphatic carbocycles. The van der Waals surface area contributed by atoms with Gasteiger partial charge >= 0.3 is 0 Å². The fraction of sp³-hybridized carbons (Fsp3) is 0.192. The fourth-order valence-corrected chi connectivity index (χ4v) is 4.38. The summed E-state index contributed by atoms with van der Waals surface area (Å²) in [6, 6.07) is 21.9. The molecule has 1 N–H and O–H groups in total. The first-order valence-corrected chi connectivity index (χ1v) is 11.6. The molecule has 0 unspecified atom stereocenters. The highest BCUT2D eigenvalue weighted by atomic mass is 35.5. The van der Waals surface area contributed by atoms with Crippen molar-refractivity contribution in [3.05, 3.63) is 101 Å². The van der Waals surface area contributed by atoms with E-state index in [2.05, 4.69) is 5.32 Å². The number of amides is 2. The maximum Gasteiger partial charge on any atom is 0.252 e. The highest BCUT2D eigenvalue weighted by molar-refractivity contribution is 7.80. The van der Waals surface area contributed by atoms with Crippen molar-refractivity contribution in [1.29, 1.82) is 0 Å². The Hall–Kier alpha value is -3.29. The number of hydrogen-bond donors (Lipinski definition) is 1. The molecule has 0 bridgehead atoms. The van der Waals surface area contributed by atoms with E-state index < -0.39 is 6.04 Å². The highest BCUT2D eigenvalue weighted by Gasteiger charge is 2.43. The second-order valence-corrected chi connectivity index (χ2v) is 8.84. The molecule has 1 saturated heterocycles. The molecule has 1 atom stereocenters. The molecular formula is C26H23ClFN3O2S. The van der Waals surface area contributed by atoms with Gasteiger partial charge in [0.05, 0.1) is 13.0 Å². The van der Waals surface area contributed by atoms with Gasteiger partial charge in [0.15, 0.2) is 5.11 Å². The minimum atomic E-state index is -0.719. The molecule has 0 aromatic heterocycles. The van der Waals surface area contributed by atoms with Crippen molar-refractivity contribution >= 4 is 46.4 Å². The average molecular weight is 496 g/mol. The number of anilines is 1. The van der Waals surface area contributed by atoms with E-state index in [1.807, 2.05) is 59.5 Å². The summed E-state index contributed by atoms with van der Waals surface area (Å²) in [5, 5.41) is 3.79. The Morgan fingerprint density at radius 1 is 0.971 bits per heavy atom. The minimum Gasteiger partial charge on any atom is -0.336 e. The van der Waals surface area contributed by atoms with Crippen LogP contribution in [0.15, 0.2) is 78.9 Å². The maximum atomic E-state index is 13.4. The highest BCUT2D eigenvalue weighted by Crippen LogP contribution is 2.24. The van der Waals surface area contributed by atoms with E-state index in [1.165, 1.54) is 24.3 Å². The summed E-state index contributed by atoms with van der Waals surface area (Å²) < 4.78 is 13.2. The van der Waals surface area contributed by atoms with E-state index in [4.69, 9.17) is 23.8 Å². The van der Waals surface area contributed by atoms with Gasteiger partial charge < -0.3 is 10.2 Å². The topological polar surface area (TPSA) is 52.7 Å². The van der Waals surface area contributed by atoms with Crippen LogP contribution in [0.5, 0.6) is 0 Å². The summed E-state index contributed by atoms with van der Waals surface area (Å²) in [5.74, 6) is -0.940. The summed E-state index contributed by atoms with van der Waals surface area (Å²) in [6.07, 6.45) is 0.572. The van der Waals surface area contributed by atoms with E-state index in [-0.39, 0.29) is 24.1 Å². The molecule has 0 saturated carbocycles. The van der Waals surface area contributed by atoms with E-state index in [0.717, 1.165) is 11.1 Å². The molecule has 3 aromatic rings. The van der Waals surface area contributed by atoms with Crippen LogP contribution in [0, 0.1) is 5.82 Å². The second-order valence-electron chi connectivity index (χ2n) is 8.04. The molecular weight excluding hydrogens is 473 g/mol. The van der Waals surface area contributed by atoms with Crippen molar-refractivity contribution in [2.24, 2.45) is 0 Å². The van der Waals surface area contributed by atoms with Crippen molar-refractivity contribution in [2.75, 3.05) is 11.9 Å². The molecule has 3 aromatic carbocycles. The number of benzene rings is 3. The summed E-state index contributed by atoms with van der Waals surface area (Å²) >= 11 is 11.7. The average Bonchev–Trinajstić information content (AvgIpc) is 3.04. The van der Waals surface area contributed by atoms with Gasteiger partial charge in [-0.1, -0.05) is 54.1 Å². The van der Waals surface area contributed by atoms with Crippen LogP contribution >= 0.6 is 23.8 Å². The Morgan fingerprint density at radius 3 is 2.32 bits per heavy atom. The van der Waals surface area contributed by atoms with Gasteiger partial charge in [0, 0.05) is 17.3 Å². The SMILES string of the molecule is O=C(C[C@@H]1C(=O)N(Cc2ccccc2)C(=S)N1CCc1ccc(Cl)cc1)Nc1ccc(F)cc1. The third kappa shape index (κ3) is 5.79. The minimum absolute atomic E-state index is 0.0672. The number of hydrogen-bond acceptors (Lipinski definition) is 3. The zero-order valence-corrected chi connectivity index (χ0v) is 19.9. The lowest BCUT2D eigenvalue weighted by atomic mass is 10.1. The molecule has 1 fully saturated rings. The largest absolute Gasteiger partial charge is 0.336 e. The van der Waals surface area contributed by atoms with Crippen molar-refractivity contribution < 1.29 is 14.0 Å². The molecule has 1 aliphatic rings. The first-order valence-electron chi connectivity index (χ1n) is 10.9. The quantitative estimate of drug-likeness (QED) is 0.444. The maximum absolute atomic E-state index is 13.4. The van der Waals surface area contributed by atoms with Crippen molar-refractivity contribution in [3.8, 4) is 0 Å². The first-order chi connectivity index (χ1) is 16.4. The fourth-order valence-electron chi connectivity index (χ4n) is 3.88. The van der Waals surface area contributed by atoms with E-state index in [9.17, 15) is 14.0 Å². The van der Waals surface area contributed by atoms with Crippen molar-refractivity contribution in [1.82, 2.24) is 9.80 Å². The van der Waals surface area contributed by atoms with Crippen LogP contribution in [0.2, 0.25) is 5.02 Å². The van der Waals surface area contributed by atoms with E-state index >= 15 is 0 Å². The summed E-state index contributed by atoms with van der Waals surface area (Å²) in [7, 11) is 0. The molecule has 0 radical (unpaired) electrons. The van der Waals surface area contributed by atoms with Gasteiger partial charge in [0.25, 0.3) is 5.91 Å². The number of carbonyl (C=O) groups excluding carboxylic acids is 2. The molecule has 174 valence electrons. The van der Waals surface area contributed by atoms with Gasteiger partial charge in [0.1, 0.15) is 11.9 Å². The Balaban J connectivity index is 1.50. The lowest BCUT2D eigenvalue weighted by Gasteiger charge is -2.24. The van der Waals surface area contributed by atoms with E-state index in [1.54, 1.807) is 4.90 Å². The smallest absolute Gasteiger partial charge is 0.252 e. The first kappa shape index (κ1) is 23.9. The van der Waals surface area contributed by atoms with Crippen LogP contribution < -0.4 is 5.32 Å². The number of carbonyl (C=O) groups is 2. The standard InChI is InChI=1S/C26H23ClFN3O2S/c27-20-8-6-18(7-9-20)14-15-30-23(16-24(32)29-22-12-10-21(28)11-13-22)25(33)31(26(30)34)17-19-4-2-1-3-5-19/h1-13,23H,14-17H2,(H,29,32)/t23-/m1/s1. The number of thiocarbonyl (C=S) groups is 1. The van der Waals surface area contributed by atoms with Crippen LogP contribution in [0.4, 0.5) is 10.1 Å². The number of nitrogens with zero attached hydrogens (tertiary/aromatic N) is 2. The Bertz CT molecular complexity index is 1170. The number of halogens is 2. The van der Waals surface area contributed by atoms with Crippen molar-refractivity contribution in [2.45, 2.75) is 25.4 Å². The molecule has 2 amide bonds. The Kier molecular flexibility index (Phi) is 7.55. The van der Waals surface area contributed by atoms with Crippen molar-refractivity contribution in [3.63, 3.8) is 0 Å². The number of rotatable bonds is 8. The summed E-state index contributed by atoms with van der Waals surface area (Å²) in [5.41, 5.74) is 2.47. The third-order valence-electron chi connectivity index (χ3n) is 5.65. The van der Waals surface area contributed by atoms with Gasteiger partial charge in [-0.15, -0.1) is 0 Å². The van der Waals surface area contributed by atoms with Gasteiger partial charge in [-0.25, -0.2) is 4.39 Å². The molecule has 1 heterocycles. The molecule has 4 rings (SSSR count). The second kappa shape index (κ2) is 10.8. The summed E-state index contributed by atoms with van der Waals surface area (Å²) in [4.78, 5) is 29.5. The van der Waals surface area contributed by atoms with Gasteiger partial charge in [-0.3, -0.25) is 14.5 Å². The monoisotopic (exact) mass is 495 g/mol. The summed E-state index contributed by atoms with van der Waals surface area (Å²) in [6.45, 7) is 0.817. The van der Waals surface area contributed by atoms with Gasteiger partial charge in [-0.2, -0.15) is 0 Å². The molecule has 1 aliphatic heterocycles. The predicted octanol–water partition coefficient (Wildman–Crippen LogP) is 5.05. The molecule has 34 heavy (non-hydrogen) atoms. The molecule has 0 spiro atoms. The van der Waals surface area contributed by atoms with Crippen LogP contribution in [0.3, 0.4) is 0 Å². The van der Waals surface area contributed by atoms with Gasteiger partial charge in [-0.05, 0) is 66.2 Å². The van der Waals surface area contributed by atoms with E-state index in [0.29, 0.717) is 35.3 Å². The molecule has 5 nitrogen and oxygen atoms in total. The van der Waals surface area contributed by atoms with Crippen LogP contribution in [0.25, 0.3) is 0 Å². The Morgan fingerprint density at radius 2 is 1.65 bits per heavy atom. The Labute approximate surface area is 208 Å². The normalized spacial score (nSPS) is 15.6. The lowest BCUT2D eigenvalue weighted by molar-refractivity contribution is -0.131. The predicted molar refractivity (Wildman–Crippen MR) is 135 cm³/mol. The van der Waals surface area contributed by atoms with Crippen LogP contribution in [-0.4, -0.2) is 39.3 Å². The van der Waals surface area contributed by atoms with Crippen LogP contribution in [0.1, 0.15) is 17.5 Å². The third-order valence-corrected chi connectivity index (χ3v) is 6.36.